The first-order chi connectivity index (χ1) is 17.8. The Balaban J connectivity index is 1.34. The molecule has 2 aliphatic rings. The highest BCUT2D eigenvalue weighted by atomic mass is 16.6. The van der Waals surface area contributed by atoms with Gasteiger partial charge in [0.1, 0.15) is 17.2 Å². The minimum atomic E-state index is -0.547. The summed E-state index contributed by atoms with van der Waals surface area (Å²) in [6.45, 7) is 15.7. The average Bonchev–Trinajstić information content (AvgIpc) is 3.39. The lowest BCUT2D eigenvalue weighted by molar-refractivity contribution is 0.000363. The fourth-order valence-corrected chi connectivity index (χ4v) is 5.10. The molecule has 0 unspecified atom stereocenters. The number of carbonyl (C=O) groups is 2. The maximum atomic E-state index is 13.3. The minimum Gasteiger partial charge on any atom is -0.444 e. The Bertz CT molecular complexity index is 1410. The fourth-order valence-electron chi connectivity index (χ4n) is 5.10. The summed E-state index contributed by atoms with van der Waals surface area (Å²) >= 11 is 0. The van der Waals surface area contributed by atoms with Crippen molar-refractivity contribution < 1.29 is 14.3 Å². The van der Waals surface area contributed by atoms with E-state index in [-0.39, 0.29) is 12.1 Å². The SMILES string of the molecule is Cc1nc2nc(C)c(NC(=O)N3CCc4c(N5CCN(C(=O)OC(C)(C)C)C(C)(C)C5)ccnc43)cn2n1. The molecule has 0 saturated carbocycles. The van der Waals surface area contributed by atoms with Gasteiger partial charge in [0.15, 0.2) is 0 Å². The summed E-state index contributed by atoms with van der Waals surface area (Å²) in [4.78, 5) is 45.2. The minimum absolute atomic E-state index is 0.274. The van der Waals surface area contributed by atoms with Crippen LogP contribution in [0.5, 0.6) is 0 Å². The number of nitrogens with zero attached hydrogens (tertiary/aromatic N) is 8. The van der Waals surface area contributed by atoms with Crippen molar-refractivity contribution in [3.05, 3.63) is 35.5 Å². The Morgan fingerprint density at radius 2 is 1.87 bits per heavy atom. The molecule has 5 rings (SSSR count). The molecule has 12 heteroatoms. The summed E-state index contributed by atoms with van der Waals surface area (Å²) in [6, 6.07) is 1.72. The molecule has 0 spiro atoms. The van der Waals surface area contributed by atoms with E-state index in [0.717, 1.165) is 11.3 Å². The summed E-state index contributed by atoms with van der Waals surface area (Å²) in [5, 5.41) is 7.26. The van der Waals surface area contributed by atoms with E-state index in [9.17, 15) is 9.59 Å². The van der Waals surface area contributed by atoms with Crippen molar-refractivity contribution in [3.63, 3.8) is 0 Å². The monoisotopic (exact) mass is 521 g/mol. The van der Waals surface area contributed by atoms with E-state index in [4.69, 9.17) is 4.74 Å². The fraction of sp³-hybridized carbons (Fsp3) is 0.538. The van der Waals surface area contributed by atoms with Crippen LogP contribution >= 0.6 is 0 Å². The average molecular weight is 522 g/mol. The smallest absolute Gasteiger partial charge is 0.410 e. The lowest BCUT2D eigenvalue weighted by atomic mass is 9.98. The molecule has 1 N–H and O–H groups in total. The van der Waals surface area contributed by atoms with Gasteiger partial charge in [-0.2, -0.15) is 10.1 Å². The number of nitrogens with one attached hydrogen (secondary N) is 1. The van der Waals surface area contributed by atoms with Crippen molar-refractivity contribution in [1.82, 2.24) is 29.5 Å². The normalized spacial score (nSPS) is 17.1. The molecule has 0 aromatic carbocycles. The van der Waals surface area contributed by atoms with Crippen LogP contribution in [-0.2, 0) is 11.2 Å². The van der Waals surface area contributed by atoms with E-state index < -0.39 is 11.1 Å². The van der Waals surface area contributed by atoms with Crippen molar-refractivity contribution in [2.45, 2.75) is 66.0 Å². The van der Waals surface area contributed by atoms with E-state index in [1.165, 1.54) is 0 Å². The highest BCUT2D eigenvalue weighted by Crippen LogP contribution is 2.36. The van der Waals surface area contributed by atoms with Crippen LogP contribution in [0.15, 0.2) is 18.5 Å². The lowest BCUT2D eigenvalue weighted by Crippen LogP contribution is -2.62. The third kappa shape index (κ3) is 4.82. The van der Waals surface area contributed by atoms with Crippen LogP contribution in [0.2, 0.25) is 0 Å². The van der Waals surface area contributed by atoms with E-state index in [2.05, 4.69) is 30.3 Å². The zero-order valence-electron chi connectivity index (χ0n) is 23.1. The molecule has 2 aliphatic heterocycles. The highest BCUT2D eigenvalue weighted by Gasteiger charge is 2.40. The van der Waals surface area contributed by atoms with Gasteiger partial charge in [0, 0.05) is 43.6 Å². The van der Waals surface area contributed by atoms with Crippen LogP contribution in [0.25, 0.3) is 5.78 Å². The number of hydrogen-bond donors (Lipinski definition) is 1. The van der Waals surface area contributed by atoms with Crippen molar-refractivity contribution >= 4 is 35.1 Å². The summed E-state index contributed by atoms with van der Waals surface area (Å²) < 4.78 is 7.20. The maximum absolute atomic E-state index is 13.3. The molecule has 0 aliphatic carbocycles. The molecule has 1 saturated heterocycles. The van der Waals surface area contributed by atoms with E-state index in [1.807, 2.05) is 47.6 Å². The van der Waals surface area contributed by atoms with Gasteiger partial charge in [0.05, 0.1) is 23.1 Å². The molecule has 3 aromatic rings. The number of hydrogen-bond acceptors (Lipinski definition) is 8. The lowest BCUT2D eigenvalue weighted by Gasteiger charge is -2.48. The second kappa shape index (κ2) is 9.10. The zero-order chi connectivity index (χ0) is 27.4. The van der Waals surface area contributed by atoms with E-state index >= 15 is 0 Å². The number of pyridine rings is 1. The van der Waals surface area contributed by atoms with Crippen LogP contribution in [0.1, 0.15) is 51.7 Å². The van der Waals surface area contributed by atoms with Gasteiger partial charge < -0.3 is 15.0 Å². The van der Waals surface area contributed by atoms with Gasteiger partial charge in [-0.1, -0.05) is 0 Å². The van der Waals surface area contributed by atoms with E-state index in [1.54, 1.807) is 33.6 Å². The van der Waals surface area contributed by atoms with Crippen LogP contribution in [0, 0.1) is 13.8 Å². The van der Waals surface area contributed by atoms with Gasteiger partial charge in [0.25, 0.3) is 5.78 Å². The Morgan fingerprint density at radius 3 is 2.58 bits per heavy atom. The van der Waals surface area contributed by atoms with Crippen molar-refractivity contribution in [2.75, 3.05) is 41.3 Å². The predicted octanol–water partition coefficient (Wildman–Crippen LogP) is 3.57. The van der Waals surface area contributed by atoms with Crippen LogP contribution < -0.4 is 15.1 Å². The Labute approximate surface area is 222 Å². The number of aromatic nitrogens is 5. The van der Waals surface area contributed by atoms with Crippen molar-refractivity contribution in [1.29, 1.82) is 0 Å². The highest BCUT2D eigenvalue weighted by molar-refractivity contribution is 6.03. The number of carbonyl (C=O) groups excluding carboxylic acids is 2. The first kappa shape index (κ1) is 25.7. The number of urea groups is 1. The summed E-state index contributed by atoms with van der Waals surface area (Å²) in [5.41, 5.74) is 2.31. The molecule has 1 fully saturated rings. The molecule has 3 aromatic heterocycles. The summed E-state index contributed by atoms with van der Waals surface area (Å²) in [5.74, 6) is 1.75. The standard InChI is InChI=1S/C26H35N9O3/c1-16-19(14-35-22(28-16)29-17(2)31-35)30-23(36)33-11-9-18-20(8-10-27-21(18)33)32-12-13-34(26(6,7)15-32)24(37)38-25(3,4)5/h8,10,14H,9,11-13,15H2,1-7H3,(H,30,36). The second-order valence-corrected chi connectivity index (χ2v) is 11.5. The Kier molecular flexibility index (Phi) is 6.15. The molecule has 202 valence electrons. The second-order valence-electron chi connectivity index (χ2n) is 11.5. The largest absolute Gasteiger partial charge is 0.444 e. The number of rotatable bonds is 2. The molecule has 3 amide bonds. The molecule has 0 radical (unpaired) electrons. The first-order valence-electron chi connectivity index (χ1n) is 12.8. The number of anilines is 3. The molecule has 38 heavy (non-hydrogen) atoms. The van der Waals surface area contributed by atoms with Gasteiger partial charge in [-0.15, -0.1) is 0 Å². The Morgan fingerprint density at radius 1 is 1.11 bits per heavy atom. The topological polar surface area (TPSA) is 121 Å². The van der Waals surface area contributed by atoms with Crippen LogP contribution in [0.3, 0.4) is 0 Å². The summed E-state index contributed by atoms with van der Waals surface area (Å²) in [7, 11) is 0. The number of fused-ring (bicyclic) bond motifs is 2. The maximum Gasteiger partial charge on any atom is 0.410 e. The van der Waals surface area contributed by atoms with Crippen LogP contribution in [-0.4, -0.2) is 78.9 Å². The first-order valence-corrected chi connectivity index (χ1v) is 12.8. The molecular weight excluding hydrogens is 486 g/mol. The third-order valence-corrected chi connectivity index (χ3v) is 6.82. The van der Waals surface area contributed by atoms with E-state index in [0.29, 0.717) is 61.4 Å². The van der Waals surface area contributed by atoms with Crippen LogP contribution in [0.4, 0.5) is 26.8 Å². The predicted molar refractivity (Wildman–Crippen MR) is 144 cm³/mol. The number of piperazine rings is 1. The Hall–Kier alpha value is -3.96. The van der Waals surface area contributed by atoms with Crippen molar-refractivity contribution in [3.8, 4) is 0 Å². The molecule has 5 heterocycles. The number of ether oxygens (including phenoxy) is 1. The van der Waals surface area contributed by atoms with Crippen molar-refractivity contribution in [2.24, 2.45) is 0 Å². The van der Waals surface area contributed by atoms with Gasteiger partial charge in [-0.25, -0.2) is 24.1 Å². The molecule has 12 nitrogen and oxygen atoms in total. The number of amides is 3. The quantitative estimate of drug-likeness (QED) is 0.543. The van der Waals surface area contributed by atoms with Gasteiger partial charge in [-0.05, 0) is 61.0 Å². The van der Waals surface area contributed by atoms with Gasteiger partial charge >= 0.3 is 12.1 Å². The summed E-state index contributed by atoms with van der Waals surface area (Å²) in [6.07, 6.45) is 3.86. The third-order valence-electron chi connectivity index (χ3n) is 6.82. The zero-order valence-corrected chi connectivity index (χ0v) is 23.1. The number of aryl methyl sites for hydroxylation is 2. The molecule has 0 bridgehead atoms. The van der Waals surface area contributed by atoms with Gasteiger partial charge in [-0.3, -0.25) is 9.80 Å². The molecular formula is C26H35N9O3. The molecule has 0 atom stereocenters. The van der Waals surface area contributed by atoms with Gasteiger partial charge in [0.2, 0.25) is 0 Å².